The fourth-order valence-electron chi connectivity index (χ4n) is 1.63. The van der Waals surface area contributed by atoms with E-state index in [9.17, 15) is 4.79 Å². The zero-order chi connectivity index (χ0) is 14.8. The average Bonchev–Trinajstić information content (AvgIpc) is 3.09. The van der Waals surface area contributed by atoms with Crippen molar-refractivity contribution in [2.75, 3.05) is 5.73 Å². The predicted molar refractivity (Wildman–Crippen MR) is 81.2 cm³/mol. The fourth-order valence-corrected chi connectivity index (χ4v) is 3.12. The molecule has 108 valence electrons. The van der Waals surface area contributed by atoms with Gasteiger partial charge in [-0.05, 0) is 18.4 Å². The van der Waals surface area contributed by atoms with Gasteiger partial charge in [0.15, 0.2) is 5.16 Å². The van der Waals surface area contributed by atoms with E-state index in [0.29, 0.717) is 16.9 Å². The maximum Gasteiger partial charge on any atom is 0.257 e. The second-order valence-electron chi connectivity index (χ2n) is 4.16. The van der Waals surface area contributed by atoms with Crippen LogP contribution in [0, 0.1) is 0 Å². The van der Waals surface area contributed by atoms with Crippen LogP contribution < -0.4 is 11.3 Å². The maximum atomic E-state index is 11.3. The molecule has 3 aromatic rings. The first-order valence-electron chi connectivity index (χ1n) is 6.02. The van der Waals surface area contributed by atoms with Crippen molar-refractivity contribution in [1.82, 2.24) is 20.2 Å². The van der Waals surface area contributed by atoms with Crippen LogP contribution in [0.15, 0.2) is 37.9 Å². The lowest BCUT2D eigenvalue weighted by Crippen LogP contribution is -2.09. The van der Waals surface area contributed by atoms with Crippen LogP contribution >= 0.6 is 23.1 Å². The minimum atomic E-state index is -0.290. The number of aromatic amines is 1. The summed E-state index contributed by atoms with van der Waals surface area (Å²) in [4.78, 5) is 18.9. The zero-order valence-electron chi connectivity index (χ0n) is 10.9. The quantitative estimate of drug-likeness (QED) is 0.560. The Morgan fingerprint density at radius 1 is 1.48 bits per heavy atom. The number of nitrogen functional groups attached to an aromatic ring is 1. The minimum Gasteiger partial charge on any atom is -0.419 e. The van der Waals surface area contributed by atoms with E-state index in [1.54, 1.807) is 0 Å². The molecule has 7 nitrogen and oxygen atoms in total. The molecule has 21 heavy (non-hydrogen) atoms. The number of rotatable bonds is 4. The van der Waals surface area contributed by atoms with Crippen LogP contribution in [-0.4, -0.2) is 20.2 Å². The van der Waals surface area contributed by atoms with Gasteiger partial charge in [0.25, 0.3) is 11.4 Å². The molecule has 0 radical (unpaired) electrons. The number of anilines is 1. The van der Waals surface area contributed by atoms with Gasteiger partial charge in [-0.1, -0.05) is 17.8 Å². The average molecular weight is 321 g/mol. The minimum absolute atomic E-state index is 0.156. The number of nitrogens with zero attached hydrogens (tertiary/aromatic N) is 3. The molecule has 0 fully saturated rings. The van der Waals surface area contributed by atoms with Crippen molar-refractivity contribution in [3.05, 3.63) is 39.8 Å². The van der Waals surface area contributed by atoms with Gasteiger partial charge in [-0.15, -0.1) is 21.5 Å². The number of H-pyrrole nitrogens is 1. The molecule has 0 aliphatic rings. The Morgan fingerprint density at radius 2 is 2.33 bits per heavy atom. The van der Waals surface area contributed by atoms with E-state index in [1.807, 2.05) is 24.4 Å². The maximum absolute atomic E-state index is 11.3. The molecule has 0 aromatic carbocycles. The first kappa shape index (κ1) is 13.8. The topological polar surface area (TPSA) is 111 Å². The summed E-state index contributed by atoms with van der Waals surface area (Å²) < 4.78 is 5.64. The van der Waals surface area contributed by atoms with Crippen molar-refractivity contribution < 1.29 is 4.42 Å². The van der Waals surface area contributed by atoms with Crippen LogP contribution in [0.3, 0.4) is 0 Å². The second-order valence-corrected chi connectivity index (χ2v) is 6.44. The molecule has 0 bridgehead atoms. The lowest BCUT2D eigenvalue weighted by Gasteiger charge is -2.05. The summed E-state index contributed by atoms with van der Waals surface area (Å²) in [6, 6.07) is 5.07. The Balaban J connectivity index is 1.79. The smallest absolute Gasteiger partial charge is 0.257 e. The number of aromatic nitrogens is 4. The monoisotopic (exact) mass is 321 g/mol. The van der Waals surface area contributed by atoms with Gasteiger partial charge in [-0.2, -0.15) is 0 Å². The summed E-state index contributed by atoms with van der Waals surface area (Å²) in [5.74, 6) is 1.13. The summed E-state index contributed by atoms with van der Waals surface area (Å²) in [6.07, 6.45) is 0. The van der Waals surface area contributed by atoms with E-state index in [-0.39, 0.29) is 16.6 Å². The van der Waals surface area contributed by atoms with Gasteiger partial charge in [0, 0.05) is 6.07 Å². The molecule has 3 N–H and O–H groups in total. The molecule has 0 aliphatic heterocycles. The van der Waals surface area contributed by atoms with Crippen LogP contribution in [0.4, 0.5) is 5.82 Å². The highest BCUT2D eigenvalue weighted by atomic mass is 32.2. The molecular weight excluding hydrogens is 310 g/mol. The number of nitrogens with two attached hydrogens (primary N) is 1. The van der Waals surface area contributed by atoms with E-state index in [2.05, 4.69) is 20.2 Å². The Labute approximate surface area is 127 Å². The Kier molecular flexibility index (Phi) is 3.76. The molecule has 3 aromatic heterocycles. The lowest BCUT2D eigenvalue weighted by molar-refractivity contribution is 0.510. The molecule has 3 rings (SSSR count). The van der Waals surface area contributed by atoms with Crippen LogP contribution in [-0.2, 0) is 0 Å². The number of hydrogen-bond acceptors (Lipinski definition) is 8. The summed E-state index contributed by atoms with van der Waals surface area (Å²) >= 11 is 2.83. The summed E-state index contributed by atoms with van der Waals surface area (Å²) in [7, 11) is 0. The second kappa shape index (κ2) is 5.70. The summed E-state index contributed by atoms with van der Waals surface area (Å²) in [6.45, 7) is 1.89. The Morgan fingerprint density at radius 3 is 3.05 bits per heavy atom. The first-order valence-corrected chi connectivity index (χ1v) is 7.78. The van der Waals surface area contributed by atoms with Gasteiger partial charge in [0.1, 0.15) is 5.82 Å². The van der Waals surface area contributed by atoms with Gasteiger partial charge in [0.05, 0.1) is 10.1 Å². The van der Waals surface area contributed by atoms with Gasteiger partial charge in [0.2, 0.25) is 5.89 Å². The molecule has 0 aliphatic carbocycles. The molecule has 1 atom stereocenters. The Bertz CT molecular complexity index is 796. The number of hydrogen-bond donors (Lipinski definition) is 2. The zero-order valence-corrected chi connectivity index (χ0v) is 12.6. The molecule has 0 saturated carbocycles. The van der Waals surface area contributed by atoms with Crippen molar-refractivity contribution >= 4 is 28.9 Å². The van der Waals surface area contributed by atoms with Crippen LogP contribution in [0.1, 0.15) is 18.1 Å². The third-order valence-corrected chi connectivity index (χ3v) is 4.38. The third kappa shape index (κ3) is 3.14. The highest BCUT2D eigenvalue weighted by molar-refractivity contribution is 7.99. The van der Waals surface area contributed by atoms with E-state index in [4.69, 9.17) is 10.2 Å². The highest BCUT2D eigenvalue weighted by Crippen LogP contribution is 2.33. The van der Waals surface area contributed by atoms with E-state index in [1.165, 1.54) is 29.2 Å². The van der Waals surface area contributed by atoms with E-state index >= 15 is 0 Å². The fraction of sp³-hybridized carbons (Fsp3) is 0.167. The molecule has 0 saturated heterocycles. The summed E-state index contributed by atoms with van der Waals surface area (Å²) in [5.41, 5.74) is 5.26. The molecular formula is C12H11N5O2S2. The Hall–Kier alpha value is -2.13. The third-order valence-electron chi connectivity index (χ3n) is 2.55. The van der Waals surface area contributed by atoms with Crippen molar-refractivity contribution in [3.8, 4) is 10.8 Å². The van der Waals surface area contributed by atoms with Gasteiger partial charge in [-0.3, -0.25) is 4.79 Å². The predicted octanol–water partition coefficient (Wildman–Crippen LogP) is 2.32. The van der Waals surface area contributed by atoms with Gasteiger partial charge < -0.3 is 15.1 Å². The SMILES string of the molecule is C[C@H](Sc1nc(N)cc(=O)[nH]1)c1nnc(-c2cccs2)o1. The van der Waals surface area contributed by atoms with E-state index < -0.39 is 0 Å². The number of nitrogens with one attached hydrogen (secondary N) is 1. The number of thioether (sulfide) groups is 1. The lowest BCUT2D eigenvalue weighted by atomic mass is 10.5. The normalized spacial score (nSPS) is 12.4. The molecule has 3 heterocycles. The first-order chi connectivity index (χ1) is 10.1. The van der Waals surface area contributed by atoms with Crippen LogP contribution in [0.25, 0.3) is 10.8 Å². The standard InChI is InChI=1S/C12H11N5O2S2/c1-6(21-12-14-8(13)5-9(18)15-12)10-16-17-11(19-10)7-3-2-4-20-7/h2-6H,1H3,(H3,13,14,15,18)/t6-/m0/s1. The van der Waals surface area contributed by atoms with Crippen molar-refractivity contribution in [2.24, 2.45) is 0 Å². The molecule has 0 unspecified atom stereocenters. The highest BCUT2D eigenvalue weighted by Gasteiger charge is 2.18. The molecule has 0 spiro atoms. The molecule has 0 amide bonds. The van der Waals surface area contributed by atoms with Crippen molar-refractivity contribution in [3.63, 3.8) is 0 Å². The van der Waals surface area contributed by atoms with Gasteiger partial charge >= 0.3 is 0 Å². The van der Waals surface area contributed by atoms with Gasteiger partial charge in [-0.25, -0.2) is 4.98 Å². The van der Waals surface area contributed by atoms with Crippen LogP contribution in [0.5, 0.6) is 0 Å². The molecule has 9 heteroatoms. The van der Waals surface area contributed by atoms with Crippen LogP contribution in [0.2, 0.25) is 0 Å². The summed E-state index contributed by atoms with van der Waals surface area (Å²) in [5, 5.41) is 10.3. The number of thiophene rings is 1. The van der Waals surface area contributed by atoms with E-state index in [0.717, 1.165) is 4.88 Å². The van der Waals surface area contributed by atoms with Crippen molar-refractivity contribution in [1.29, 1.82) is 0 Å². The van der Waals surface area contributed by atoms with Crippen molar-refractivity contribution in [2.45, 2.75) is 17.3 Å². The largest absolute Gasteiger partial charge is 0.419 e.